The van der Waals surface area contributed by atoms with Crippen LogP contribution in [0.25, 0.3) is 0 Å². The van der Waals surface area contributed by atoms with Crippen molar-refractivity contribution in [3.05, 3.63) is 41.6 Å². The van der Waals surface area contributed by atoms with Crippen molar-refractivity contribution in [2.75, 3.05) is 19.7 Å². The molecule has 2 atom stereocenters. The first kappa shape index (κ1) is 39.6. The van der Waals surface area contributed by atoms with Crippen LogP contribution in [0.3, 0.4) is 0 Å². The first-order valence-electron chi connectivity index (χ1n) is 17.0. The molecule has 2 N–H and O–H groups in total. The fourth-order valence-corrected chi connectivity index (χ4v) is 4.91. The van der Waals surface area contributed by atoms with Gasteiger partial charge in [0.05, 0.1) is 12.2 Å². The van der Waals surface area contributed by atoms with Gasteiger partial charge in [0.2, 0.25) is 17.7 Å². The quantitative estimate of drug-likeness (QED) is 0.277. The van der Waals surface area contributed by atoms with Crippen LogP contribution in [0.1, 0.15) is 125 Å². The third-order valence-electron chi connectivity index (χ3n) is 7.05. The van der Waals surface area contributed by atoms with Gasteiger partial charge in [-0.3, -0.25) is 4.79 Å². The van der Waals surface area contributed by atoms with E-state index in [9.17, 15) is 14.4 Å². The van der Waals surface area contributed by atoms with Gasteiger partial charge in [0.15, 0.2) is 0 Å². The van der Waals surface area contributed by atoms with E-state index in [4.69, 9.17) is 23.4 Å². The largest absolute Gasteiger partial charge is 0.488 e. The van der Waals surface area contributed by atoms with E-state index in [0.717, 1.165) is 11.3 Å². The molecule has 0 spiro atoms. The van der Waals surface area contributed by atoms with Crippen LogP contribution in [-0.4, -0.2) is 75.3 Å². The molecule has 2 heterocycles. The standard InChI is InChI=1S/C36H57N5O8/c1-33(2,3)45-22-27(38-31(43)48-35(7,8)9)30-40-39-29(46-30)26(21-23-13-15-25(16-14-23)47-34(4,5)6)37-28(42)24-17-19-41(20-18-24)32(44)49-36(10,11)12/h13-16,24,26-27H,17-22H2,1-12H3,(H,37,42)(H,38,43)/t26-,27-/m0/s1. The first-order valence-corrected chi connectivity index (χ1v) is 17.0. The number of hydrogen-bond donors (Lipinski definition) is 2. The summed E-state index contributed by atoms with van der Waals surface area (Å²) >= 11 is 0. The molecule has 13 nitrogen and oxygen atoms in total. The minimum Gasteiger partial charge on any atom is -0.488 e. The number of amides is 3. The molecule has 0 bridgehead atoms. The van der Waals surface area contributed by atoms with Gasteiger partial charge in [0, 0.05) is 25.4 Å². The molecule has 1 aromatic heterocycles. The SMILES string of the molecule is CC(C)(C)OC[C@H](NC(=O)OC(C)(C)C)c1nnc([C@H](Cc2ccc(OC(C)(C)C)cc2)NC(=O)C2CCN(C(=O)OC(C)(C)C)CC2)o1. The van der Waals surface area contributed by atoms with Crippen LogP contribution in [0, 0.1) is 5.92 Å². The number of rotatable bonds is 10. The molecule has 49 heavy (non-hydrogen) atoms. The lowest BCUT2D eigenvalue weighted by Crippen LogP contribution is -2.45. The summed E-state index contributed by atoms with van der Waals surface area (Å²) in [5.74, 6) is 0.512. The second-order valence-electron chi connectivity index (χ2n) is 16.5. The summed E-state index contributed by atoms with van der Waals surface area (Å²) in [4.78, 5) is 40.6. The van der Waals surface area contributed by atoms with E-state index in [0.29, 0.717) is 32.4 Å². The van der Waals surface area contributed by atoms with E-state index in [1.54, 1.807) is 25.7 Å². The van der Waals surface area contributed by atoms with E-state index in [-0.39, 0.29) is 41.9 Å². The van der Waals surface area contributed by atoms with Gasteiger partial charge >= 0.3 is 12.2 Å². The lowest BCUT2D eigenvalue weighted by molar-refractivity contribution is -0.127. The Kier molecular flexibility index (Phi) is 12.7. The number of nitrogens with one attached hydrogen (secondary N) is 2. The van der Waals surface area contributed by atoms with Crippen LogP contribution < -0.4 is 15.4 Å². The molecule has 1 aliphatic heterocycles. The number of hydrogen-bond acceptors (Lipinski definition) is 10. The van der Waals surface area contributed by atoms with Crippen LogP contribution in [-0.2, 0) is 25.4 Å². The number of alkyl carbamates (subject to hydrolysis) is 1. The highest BCUT2D eigenvalue weighted by molar-refractivity contribution is 5.79. The molecular formula is C36H57N5O8. The van der Waals surface area contributed by atoms with Crippen LogP contribution in [0.5, 0.6) is 5.75 Å². The second kappa shape index (κ2) is 15.8. The Bertz CT molecular complexity index is 1390. The molecule has 1 saturated heterocycles. The summed E-state index contributed by atoms with van der Waals surface area (Å²) in [5.41, 5.74) is -1.26. The molecular weight excluding hydrogens is 630 g/mol. The van der Waals surface area contributed by atoms with Gasteiger partial charge in [-0.25, -0.2) is 9.59 Å². The van der Waals surface area contributed by atoms with Crippen molar-refractivity contribution in [3.8, 4) is 5.75 Å². The van der Waals surface area contributed by atoms with Crippen molar-refractivity contribution in [2.24, 2.45) is 5.92 Å². The Hall–Kier alpha value is -3.87. The van der Waals surface area contributed by atoms with E-state index in [2.05, 4.69) is 20.8 Å². The van der Waals surface area contributed by atoms with Crippen LogP contribution >= 0.6 is 0 Å². The predicted octanol–water partition coefficient (Wildman–Crippen LogP) is 6.67. The highest BCUT2D eigenvalue weighted by Crippen LogP contribution is 2.27. The van der Waals surface area contributed by atoms with Crippen molar-refractivity contribution in [3.63, 3.8) is 0 Å². The normalized spacial score (nSPS) is 16.0. The van der Waals surface area contributed by atoms with Crippen molar-refractivity contribution in [1.29, 1.82) is 0 Å². The third-order valence-corrected chi connectivity index (χ3v) is 7.05. The molecule has 3 amide bonds. The van der Waals surface area contributed by atoms with Gasteiger partial charge in [-0.05, 0) is 114 Å². The summed E-state index contributed by atoms with van der Waals surface area (Å²) in [6.07, 6.45) is 0.277. The highest BCUT2D eigenvalue weighted by Gasteiger charge is 2.33. The van der Waals surface area contributed by atoms with Gasteiger partial charge in [-0.15, -0.1) is 10.2 Å². The molecule has 0 aliphatic carbocycles. The van der Waals surface area contributed by atoms with Gasteiger partial charge in [0.25, 0.3) is 0 Å². The molecule has 13 heteroatoms. The molecule has 0 saturated carbocycles. The van der Waals surface area contributed by atoms with Crippen molar-refractivity contribution in [1.82, 2.24) is 25.7 Å². The van der Waals surface area contributed by atoms with Crippen molar-refractivity contribution < 1.29 is 37.7 Å². The monoisotopic (exact) mass is 687 g/mol. The summed E-state index contributed by atoms with van der Waals surface area (Å²) in [6, 6.07) is 6.14. The van der Waals surface area contributed by atoms with Crippen LogP contribution in [0.2, 0.25) is 0 Å². The summed E-state index contributed by atoms with van der Waals surface area (Å²) in [7, 11) is 0. The molecule has 1 aliphatic rings. The number of ether oxygens (including phenoxy) is 4. The van der Waals surface area contributed by atoms with E-state index < -0.39 is 35.0 Å². The second-order valence-corrected chi connectivity index (χ2v) is 16.5. The summed E-state index contributed by atoms with van der Waals surface area (Å²) in [6.45, 7) is 23.3. The van der Waals surface area contributed by atoms with E-state index in [1.807, 2.05) is 86.6 Å². The number of carbonyl (C=O) groups is 3. The Morgan fingerprint density at radius 1 is 0.776 bits per heavy atom. The third kappa shape index (κ3) is 14.3. The molecule has 0 unspecified atom stereocenters. The number of benzene rings is 1. The zero-order valence-corrected chi connectivity index (χ0v) is 31.4. The van der Waals surface area contributed by atoms with E-state index in [1.165, 1.54) is 0 Å². The van der Waals surface area contributed by atoms with Gasteiger partial charge in [-0.2, -0.15) is 0 Å². The molecule has 274 valence electrons. The first-order chi connectivity index (χ1) is 22.5. The smallest absolute Gasteiger partial charge is 0.410 e. The molecule has 1 aromatic carbocycles. The van der Waals surface area contributed by atoms with Crippen LogP contribution in [0.4, 0.5) is 9.59 Å². The number of aromatic nitrogens is 2. The fraction of sp³-hybridized carbons (Fsp3) is 0.694. The Morgan fingerprint density at radius 3 is 1.84 bits per heavy atom. The van der Waals surface area contributed by atoms with Gasteiger partial charge in [0.1, 0.15) is 34.6 Å². The average Bonchev–Trinajstić information content (AvgIpc) is 3.43. The zero-order valence-electron chi connectivity index (χ0n) is 31.4. The molecule has 0 radical (unpaired) electrons. The van der Waals surface area contributed by atoms with Crippen LogP contribution in [0.15, 0.2) is 28.7 Å². The predicted molar refractivity (Wildman–Crippen MR) is 184 cm³/mol. The number of carbonyl (C=O) groups excluding carboxylic acids is 3. The van der Waals surface area contributed by atoms with Crippen molar-refractivity contribution in [2.45, 2.75) is 137 Å². The maximum Gasteiger partial charge on any atom is 0.410 e. The van der Waals surface area contributed by atoms with Crippen molar-refractivity contribution >= 4 is 18.1 Å². The zero-order chi connectivity index (χ0) is 36.8. The Balaban J connectivity index is 1.83. The molecule has 2 aromatic rings. The lowest BCUT2D eigenvalue weighted by Gasteiger charge is -2.33. The fourth-order valence-electron chi connectivity index (χ4n) is 4.91. The number of nitrogens with zero attached hydrogens (tertiary/aromatic N) is 3. The molecule has 3 rings (SSSR count). The average molecular weight is 688 g/mol. The van der Waals surface area contributed by atoms with E-state index >= 15 is 0 Å². The summed E-state index contributed by atoms with van der Waals surface area (Å²) < 4.78 is 29.1. The minimum absolute atomic E-state index is 0.0485. The highest BCUT2D eigenvalue weighted by atomic mass is 16.6. The molecule has 1 fully saturated rings. The Morgan fingerprint density at radius 2 is 1.33 bits per heavy atom. The van der Waals surface area contributed by atoms with Gasteiger partial charge < -0.3 is 38.9 Å². The maximum absolute atomic E-state index is 13.7. The topological polar surface area (TPSA) is 154 Å². The van der Waals surface area contributed by atoms with Gasteiger partial charge in [-0.1, -0.05) is 12.1 Å². The maximum atomic E-state index is 13.7. The Labute approximate surface area is 291 Å². The lowest BCUT2D eigenvalue weighted by atomic mass is 9.95. The minimum atomic E-state index is -0.808. The summed E-state index contributed by atoms with van der Waals surface area (Å²) in [5, 5.41) is 14.5. The number of piperidine rings is 1. The number of likely N-dealkylation sites (tertiary alicyclic amines) is 1.